The number of aromatic nitrogens is 4. The van der Waals surface area contributed by atoms with E-state index in [0.29, 0.717) is 0 Å². The van der Waals surface area contributed by atoms with Crippen molar-refractivity contribution in [1.82, 2.24) is 20.6 Å². The van der Waals surface area contributed by atoms with Gasteiger partial charge < -0.3 is 10.4 Å². The molecule has 8 nitrogen and oxygen atoms in total. The third-order valence-corrected chi connectivity index (χ3v) is 2.25. The highest BCUT2D eigenvalue weighted by molar-refractivity contribution is 6.05. The topological polar surface area (TPSA) is 121 Å². The second kappa shape index (κ2) is 4.80. The third-order valence-electron chi connectivity index (χ3n) is 2.25. The van der Waals surface area contributed by atoms with Gasteiger partial charge in [0.05, 0.1) is 11.3 Å². The number of benzene rings is 1. The maximum Gasteiger partial charge on any atom is 0.297 e. The highest BCUT2D eigenvalue weighted by Crippen LogP contribution is 2.29. The molecule has 98 valence electrons. The van der Waals surface area contributed by atoms with Crippen molar-refractivity contribution < 1.29 is 19.1 Å². The summed E-state index contributed by atoms with van der Waals surface area (Å²) in [6, 6.07) is 1.75. The number of aromatic hydroxyl groups is 1. The van der Waals surface area contributed by atoms with Gasteiger partial charge in [0, 0.05) is 6.07 Å². The quantitative estimate of drug-likeness (QED) is 0.549. The number of nitrogens with one attached hydrogen (secondary N) is 2. The monoisotopic (exact) mass is 265 g/mol. The van der Waals surface area contributed by atoms with E-state index in [1.165, 1.54) is 6.92 Å². The van der Waals surface area contributed by atoms with E-state index >= 15 is 0 Å². The number of phenolic OH excluding ortho intramolecular Hbond substituents is 1. The van der Waals surface area contributed by atoms with Gasteiger partial charge in [-0.3, -0.25) is 9.59 Å². The Bertz CT molecular complexity index is 641. The first kappa shape index (κ1) is 12.6. The molecule has 2 rings (SSSR count). The number of ketones is 1. The number of hydrogen-bond acceptors (Lipinski definition) is 6. The van der Waals surface area contributed by atoms with Crippen LogP contribution in [0.25, 0.3) is 0 Å². The predicted octanol–water partition coefficient (Wildman–Crippen LogP) is 0.499. The van der Waals surface area contributed by atoms with Crippen molar-refractivity contribution in [2.45, 2.75) is 6.92 Å². The highest BCUT2D eigenvalue weighted by atomic mass is 19.1. The molecule has 0 spiro atoms. The molecule has 9 heteroatoms. The summed E-state index contributed by atoms with van der Waals surface area (Å²) in [6.45, 7) is 1.17. The van der Waals surface area contributed by atoms with Gasteiger partial charge in [-0.1, -0.05) is 0 Å². The summed E-state index contributed by atoms with van der Waals surface area (Å²) >= 11 is 0. The largest absolute Gasteiger partial charge is 0.505 e. The minimum atomic E-state index is -0.802. The zero-order valence-corrected chi connectivity index (χ0v) is 9.64. The fourth-order valence-corrected chi connectivity index (χ4v) is 1.40. The third kappa shape index (κ3) is 2.54. The van der Waals surface area contributed by atoms with Crippen LogP contribution in [0, 0.1) is 5.82 Å². The summed E-state index contributed by atoms with van der Waals surface area (Å²) in [6.07, 6.45) is 0. The van der Waals surface area contributed by atoms with Crippen molar-refractivity contribution in [3.63, 3.8) is 0 Å². The average molecular weight is 265 g/mol. The highest BCUT2D eigenvalue weighted by Gasteiger charge is 2.18. The van der Waals surface area contributed by atoms with Gasteiger partial charge in [0.1, 0.15) is 11.6 Å². The minimum Gasteiger partial charge on any atom is -0.505 e. The smallest absolute Gasteiger partial charge is 0.297 e. The molecule has 3 N–H and O–H groups in total. The first-order valence-electron chi connectivity index (χ1n) is 5.07. The molecule has 0 saturated carbocycles. The molecular weight excluding hydrogens is 257 g/mol. The molecule has 0 aliphatic rings. The maximum absolute atomic E-state index is 13.3. The van der Waals surface area contributed by atoms with E-state index in [-0.39, 0.29) is 17.1 Å². The Kier molecular flexibility index (Phi) is 3.19. The van der Waals surface area contributed by atoms with Crippen LogP contribution in [0.2, 0.25) is 0 Å². The van der Waals surface area contributed by atoms with Crippen molar-refractivity contribution >= 4 is 17.4 Å². The molecule has 1 amide bonds. The van der Waals surface area contributed by atoms with E-state index < -0.39 is 23.3 Å². The Hall–Kier alpha value is -2.84. The van der Waals surface area contributed by atoms with Gasteiger partial charge in [-0.25, -0.2) is 4.39 Å². The van der Waals surface area contributed by atoms with Gasteiger partial charge in [0.2, 0.25) is 0 Å². The lowest BCUT2D eigenvalue weighted by atomic mass is 10.1. The number of amides is 1. The number of H-pyrrole nitrogens is 1. The number of nitrogens with zero attached hydrogens (tertiary/aromatic N) is 3. The summed E-state index contributed by atoms with van der Waals surface area (Å²) in [5.41, 5.74) is -0.483. The van der Waals surface area contributed by atoms with Crippen molar-refractivity contribution in [3.05, 3.63) is 29.3 Å². The second-order valence-corrected chi connectivity index (χ2v) is 3.60. The van der Waals surface area contributed by atoms with Crippen LogP contribution < -0.4 is 5.32 Å². The average Bonchev–Trinajstić information content (AvgIpc) is 2.86. The summed E-state index contributed by atoms with van der Waals surface area (Å²) in [5.74, 6) is -2.92. The number of Topliss-reactive ketones (excluding diaryl/α,β-unsaturated/α-hetero) is 1. The van der Waals surface area contributed by atoms with Crippen LogP contribution >= 0.6 is 0 Å². The van der Waals surface area contributed by atoms with Gasteiger partial charge in [0.25, 0.3) is 11.7 Å². The number of carbonyl (C=O) groups excluding carboxylic acids is 2. The number of hydrogen-bond donors (Lipinski definition) is 3. The summed E-state index contributed by atoms with van der Waals surface area (Å²) < 4.78 is 13.3. The predicted molar refractivity (Wildman–Crippen MR) is 60.2 cm³/mol. The number of halogens is 1. The number of rotatable bonds is 3. The number of aromatic amines is 1. The molecule has 0 fully saturated rings. The second-order valence-electron chi connectivity index (χ2n) is 3.60. The van der Waals surface area contributed by atoms with Crippen molar-refractivity contribution in [2.75, 3.05) is 5.32 Å². The number of anilines is 1. The number of carbonyl (C=O) groups is 2. The maximum atomic E-state index is 13.3. The van der Waals surface area contributed by atoms with Gasteiger partial charge in [-0.15, -0.1) is 10.2 Å². The molecule has 0 radical (unpaired) electrons. The first-order valence-corrected chi connectivity index (χ1v) is 5.07. The Labute approximate surface area is 105 Å². The van der Waals surface area contributed by atoms with Gasteiger partial charge in [-0.2, -0.15) is 5.21 Å². The Morgan fingerprint density at radius 1 is 1.42 bits per heavy atom. The van der Waals surface area contributed by atoms with Gasteiger partial charge in [-0.05, 0) is 18.2 Å². The summed E-state index contributed by atoms with van der Waals surface area (Å²) in [7, 11) is 0. The molecule has 0 aliphatic carbocycles. The molecular formula is C10H8FN5O3. The van der Waals surface area contributed by atoms with Crippen LogP contribution in [-0.2, 0) is 0 Å². The summed E-state index contributed by atoms with van der Waals surface area (Å²) in [4.78, 5) is 22.8. The SMILES string of the molecule is CC(=O)c1cc(F)cc(NC(=O)c2nn[nH]n2)c1O. The molecule has 0 atom stereocenters. The fourth-order valence-electron chi connectivity index (χ4n) is 1.40. The first-order chi connectivity index (χ1) is 8.99. The van der Waals surface area contributed by atoms with Gasteiger partial charge in [0.15, 0.2) is 5.78 Å². The molecule has 1 aromatic heterocycles. The molecule has 2 aromatic rings. The lowest BCUT2D eigenvalue weighted by Gasteiger charge is -2.08. The Morgan fingerprint density at radius 2 is 2.16 bits per heavy atom. The van der Waals surface area contributed by atoms with Crippen LogP contribution in [0.4, 0.5) is 10.1 Å². The van der Waals surface area contributed by atoms with Crippen molar-refractivity contribution in [3.8, 4) is 5.75 Å². The number of tetrazole rings is 1. The molecule has 1 heterocycles. The van der Waals surface area contributed by atoms with E-state index in [1.807, 2.05) is 0 Å². The summed E-state index contributed by atoms with van der Waals surface area (Å²) in [5, 5.41) is 24.0. The van der Waals surface area contributed by atoms with E-state index in [2.05, 4.69) is 25.9 Å². The van der Waals surface area contributed by atoms with Crippen LogP contribution in [0.15, 0.2) is 12.1 Å². The molecule has 0 bridgehead atoms. The van der Waals surface area contributed by atoms with Crippen molar-refractivity contribution in [2.24, 2.45) is 0 Å². The lowest BCUT2D eigenvalue weighted by Crippen LogP contribution is -2.14. The van der Waals surface area contributed by atoms with Crippen LogP contribution in [0.5, 0.6) is 5.75 Å². The van der Waals surface area contributed by atoms with Crippen LogP contribution in [-0.4, -0.2) is 37.4 Å². The van der Waals surface area contributed by atoms with E-state index in [1.54, 1.807) is 0 Å². The molecule has 19 heavy (non-hydrogen) atoms. The lowest BCUT2D eigenvalue weighted by molar-refractivity contribution is 0.1000. The van der Waals surface area contributed by atoms with E-state index in [4.69, 9.17) is 0 Å². The molecule has 0 unspecified atom stereocenters. The zero-order chi connectivity index (χ0) is 14.0. The zero-order valence-electron chi connectivity index (χ0n) is 9.64. The fraction of sp³-hybridized carbons (Fsp3) is 0.100. The number of phenols is 1. The molecule has 0 saturated heterocycles. The Morgan fingerprint density at radius 3 is 2.74 bits per heavy atom. The van der Waals surface area contributed by atoms with E-state index in [9.17, 15) is 19.1 Å². The van der Waals surface area contributed by atoms with Gasteiger partial charge >= 0.3 is 0 Å². The van der Waals surface area contributed by atoms with E-state index in [0.717, 1.165) is 12.1 Å². The molecule has 0 aliphatic heterocycles. The van der Waals surface area contributed by atoms with Crippen LogP contribution in [0.3, 0.4) is 0 Å². The van der Waals surface area contributed by atoms with Crippen molar-refractivity contribution in [1.29, 1.82) is 0 Å². The Balaban J connectivity index is 2.35. The minimum absolute atomic E-state index is 0.233. The molecule has 1 aromatic carbocycles. The normalized spacial score (nSPS) is 10.2. The van der Waals surface area contributed by atoms with Crippen LogP contribution in [0.1, 0.15) is 27.9 Å². The standard InChI is InChI=1S/C10H8FN5O3/c1-4(17)6-2-5(11)3-7(8(6)18)12-10(19)9-13-15-16-14-9/h2-3,18H,1H3,(H,12,19)(H,13,14,15,16).